The number of fused-ring (bicyclic) bond motifs is 2. The van der Waals surface area contributed by atoms with E-state index in [2.05, 4.69) is 21.6 Å². The normalized spacial score (nSPS) is 17.6. The zero-order valence-corrected chi connectivity index (χ0v) is 17.5. The third kappa shape index (κ3) is 2.79. The average Bonchev–Trinajstić information content (AvgIpc) is 3.20. The molecule has 2 atom stereocenters. The number of carbonyl (C=O) groups is 1. The summed E-state index contributed by atoms with van der Waals surface area (Å²) >= 11 is 6.03. The average molecular weight is 446 g/mol. The predicted molar refractivity (Wildman–Crippen MR) is 119 cm³/mol. The number of carbonyl (C=O) groups excluding carboxylic acids is 1. The SMILES string of the molecule is Cn1c(=O)c(-c2[nH]nc3c2[C@@H](c2ccc(Cl)cc2)[C@H](C#N)C(=O)N3)c(O)c2ccccc21. The third-order valence-corrected chi connectivity index (χ3v) is 6.12. The number of hydrogen-bond donors (Lipinski definition) is 3. The molecule has 1 aliphatic heterocycles. The van der Waals surface area contributed by atoms with Crippen molar-refractivity contribution in [2.24, 2.45) is 13.0 Å². The van der Waals surface area contributed by atoms with Gasteiger partial charge in [0.1, 0.15) is 17.2 Å². The Morgan fingerprint density at radius 2 is 1.88 bits per heavy atom. The number of aromatic nitrogens is 3. The predicted octanol–water partition coefficient (Wildman–Crippen LogP) is 3.51. The molecule has 4 aromatic rings. The summed E-state index contributed by atoms with van der Waals surface area (Å²) in [5.74, 6) is -2.26. The van der Waals surface area contributed by atoms with Crippen molar-refractivity contribution in [1.29, 1.82) is 5.26 Å². The van der Waals surface area contributed by atoms with Crippen molar-refractivity contribution in [3.05, 3.63) is 75.0 Å². The largest absolute Gasteiger partial charge is 0.506 e. The molecule has 0 fully saturated rings. The van der Waals surface area contributed by atoms with E-state index in [1.54, 1.807) is 55.6 Å². The number of H-pyrrole nitrogens is 1. The van der Waals surface area contributed by atoms with Crippen LogP contribution in [0.1, 0.15) is 17.0 Å². The van der Waals surface area contributed by atoms with E-state index >= 15 is 0 Å². The third-order valence-electron chi connectivity index (χ3n) is 5.87. The maximum Gasteiger partial charge on any atom is 0.264 e. The topological polar surface area (TPSA) is 124 Å². The Labute approximate surface area is 186 Å². The number of anilines is 1. The first-order chi connectivity index (χ1) is 15.4. The highest BCUT2D eigenvalue weighted by molar-refractivity contribution is 6.30. The number of halogens is 1. The Balaban J connectivity index is 1.83. The number of aromatic amines is 1. The molecule has 3 heterocycles. The van der Waals surface area contributed by atoms with Crippen molar-refractivity contribution in [1.82, 2.24) is 14.8 Å². The van der Waals surface area contributed by atoms with Gasteiger partial charge in [-0.3, -0.25) is 14.7 Å². The lowest BCUT2D eigenvalue weighted by molar-refractivity contribution is -0.119. The molecule has 9 heteroatoms. The van der Waals surface area contributed by atoms with Crippen molar-refractivity contribution < 1.29 is 9.90 Å². The van der Waals surface area contributed by atoms with Gasteiger partial charge in [0.05, 0.1) is 17.3 Å². The molecule has 2 aromatic heterocycles. The maximum atomic E-state index is 13.3. The number of para-hydroxylation sites is 1. The molecule has 0 unspecified atom stereocenters. The number of pyridine rings is 1. The summed E-state index contributed by atoms with van der Waals surface area (Å²) in [5.41, 5.74) is 1.53. The molecule has 0 saturated heterocycles. The number of aromatic hydroxyl groups is 1. The first-order valence-electron chi connectivity index (χ1n) is 9.77. The van der Waals surface area contributed by atoms with Crippen LogP contribution in [-0.4, -0.2) is 25.8 Å². The van der Waals surface area contributed by atoms with E-state index in [9.17, 15) is 20.0 Å². The van der Waals surface area contributed by atoms with E-state index in [1.165, 1.54) is 4.57 Å². The molecule has 1 amide bonds. The standard InChI is InChI=1S/C23H16ClN5O3/c1-29-15-5-3-2-4-13(15)20(30)18(23(29)32)19-17-16(11-6-8-12(24)9-7-11)14(10-25)22(31)26-21(17)28-27-19/h2-9,14,16,30H,1H3,(H2,26,27,28,31)/t14-,16-/m0/s1. The van der Waals surface area contributed by atoms with Crippen LogP contribution in [0.4, 0.5) is 5.82 Å². The van der Waals surface area contributed by atoms with Gasteiger partial charge in [0.2, 0.25) is 5.91 Å². The first-order valence-corrected chi connectivity index (χ1v) is 10.2. The summed E-state index contributed by atoms with van der Waals surface area (Å²) in [6.45, 7) is 0. The number of nitrogens with one attached hydrogen (secondary N) is 2. The highest BCUT2D eigenvalue weighted by Gasteiger charge is 2.41. The van der Waals surface area contributed by atoms with Crippen LogP contribution < -0.4 is 10.9 Å². The van der Waals surface area contributed by atoms with Gasteiger partial charge in [0, 0.05) is 28.9 Å². The van der Waals surface area contributed by atoms with Gasteiger partial charge in [-0.2, -0.15) is 10.4 Å². The number of rotatable bonds is 2. The van der Waals surface area contributed by atoms with Crippen molar-refractivity contribution in [2.75, 3.05) is 5.32 Å². The number of nitrogens with zero attached hydrogens (tertiary/aromatic N) is 3. The monoisotopic (exact) mass is 445 g/mol. The molecular weight excluding hydrogens is 430 g/mol. The van der Waals surface area contributed by atoms with Gasteiger partial charge in [0.25, 0.3) is 5.56 Å². The fourth-order valence-corrected chi connectivity index (χ4v) is 4.44. The Morgan fingerprint density at radius 1 is 1.16 bits per heavy atom. The van der Waals surface area contributed by atoms with Gasteiger partial charge in [-0.05, 0) is 29.8 Å². The van der Waals surface area contributed by atoms with Gasteiger partial charge in [-0.15, -0.1) is 0 Å². The summed E-state index contributed by atoms with van der Waals surface area (Å²) < 4.78 is 1.44. The zero-order chi connectivity index (χ0) is 22.6. The Morgan fingerprint density at radius 3 is 2.59 bits per heavy atom. The van der Waals surface area contributed by atoms with E-state index in [4.69, 9.17) is 11.6 Å². The zero-order valence-electron chi connectivity index (χ0n) is 16.8. The van der Waals surface area contributed by atoms with Crippen molar-refractivity contribution in [3.63, 3.8) is 0 Å². The molecule has 0 spiro atoms. The Kier molecular flexibility index (Phi) is 4.50. The minimum Gasteiger partial charge on any atom is -0.506 e. The van der Waals surface area contributed by atoms with Crippen LogP contribution in [0.25, 0.3) is 22.2 Å². The Bertz CT molecular complexity index is 1500. The van der Waals surface area contributed by atoms with E-state index in [0.717, 1.165) is 0 Å². The summed E-state index contributed by atoms with van der Waals surface area (Å²) in [7, 11) is 1.62. The number of benzene rings is 2. The molecule has 158 valence electrons. The highest BCUT2D eigenvalue weighted by atomic mass is 35.5. The van der Waals surface area contributed by atoms with Crippen molar-refractivity contribution in [3.8, 4) is 23.1 Å². The molecule has 0 saturated carbocycles. The second kappa shape index (κ2) is 7.25. The fourth-order valence-electron chi connectivity index (χ4n) is 4.32. The summed E-state index contributed by atoms with van der Waals surface area (Å²) in [5, 5.41) is 31.5. The second-order valence-corrected chi connectivity index (χ2v) is 8.03. The molecule has 0 aliphatic carbocycles. The van der Waals surface area contributed by atoms with Crippen LogP contribution in [0.3, 0.4) is 0 Å². The van der Waals surface area contributed by atoms with Crippen LogP contribution in [0.15, 0.2) is 53.3 Å². The molecule has 2 aromatic carbocycles. The van der Waals surface area contributed by atoms with Crippen molar-refractivity contribution in [2.45, 2.75) is 5.92 Å². The molecule has 1 aliphatic rings. The smallest absolute Gasteiger partial charge is 0.264 e. The molecular formula is C23H16ClN5O3. The van der Waals surface area contributed by atoms with Crippen LogP contribution in [0.5, 0.6) is 5.75 Å². The molecule has 8 nitrogen and oxygen atoms in total. The number of nitriles is 1. The number of amides is 1. The molecule has 3 N–H and O–H groups in total. The summed E-state index contributed by atoms with van der Waals surface area (Å²) in [6.07, 6.45) is 0. The maximum absolute atomic E-state index is 13.3. The van der Waals surface area contributed by atoms with Gasteiger partial charge in [-0.1, -0.05) is 35.9 Å². The van der Waals surface area contributed by atoms with Crippen LogP contribution in [0.2, 0.25) is 5.02 Å². The number of aryl methyl sites for hydroxylation is 1. The minimum absolute atomic E-state index is 0.0201. The lowest BCUT2D eigenvalue weighted by atomic mass is 9.77. The van der Waals surface area contributed by atoms with Crippen LogP contribution in [-0.2, 0) is 11.8 Å². The Hall–Kier alpha value is -4.09. The lowest BCUT2D eigenvalue weighted by Crippen LogP contribution is -2.33. The van der Waals surface area contributed by atoms with Gasteiger partial charge >= 0.3 is 0 Å². The molecule has 0 bridgehead atoms. The fraction of sp³-hybridized carbons (Fsp3) is 0.130. The highest BCUT2D eigenvalue weighted by Crippen LogP contribution is 2.46. The molecule has 5 rings (SSSR count). The van der Waals surface area contributed by atoms with Gasteiger partial charge in [0.15, 0.2) is 5.82 Å². The van der Waals surface area contributed by atoms with E-state index < -0.39 is 23.3 Å². The van der Waals surface area contributed by atoms with Gasteiger partial charge < -0.3 is 15.0 Å². The second-order valence-electron chi connectivity index (χ2n) is 7.59. The lowest BCUT2D eigenvalue weighted by Gasteiger charge is -2.27. The number of hydrogen-bond acceptors (Lipinski definition) is 5. The molecule has 32 heavy (non-hydrogen) atoms. The van der Waals surface area contributed by atoms with Crippen LogP contribution in [0, 0.1) is 17.2 Å². The van der Waals surface area contributed by atoms with E-state index in [1.807, 2.05) is 0 Å². The van der Waals surface area contributed by atoms with Crippen molar-refractivity contribution >= 4 is 34.2 Å². The summed E-state index contributed by atoms with van der Waals surface area (Å²) in [6, 6.07) is 15.9. The quantitative estimate of drug-likeness (QED) is 0.435. The van der Waals surface area contributed by atoms with E-state index in [0.29, 0.717) is 27.1 Å². The summed E-state index contributed by atoms with van der Waals surface area (Å²) in [4.78, 5) is 25.9. The van der Waals surface area contributed by atoms with Crippen LogP contribution >= 0.6 is 11.6 Å². The first kappa shape index (κ1) is 19.8. The molecule has 0 radical (unpaired) electrons. The van der Waals surface area contributed by atoms with Gasteiger partial charge in [-0.25, -0.2) is 0 Å². The minimum atomic E-state index is -1.06. The van der Waals surface area contributed by atoms with E-state index in [-0.39, 0.29) is 22.8 Å².